The quantitative estimate of drug-likeness (QED) is 0.689. The lowest BCUT2D eigenvalue weighted by atomic mass is 10.0. The fraction of sp³-hybridized carbons (Fsp3) is 0.350. The molecule has 0 saturated carbocycles. The van der Waals surface area contributed by atoms with Crippen molar-refractivity contribution < 1.29 is 26.5 Å². The predicted molar refractivity (Wildman–Crippen MR) is 107 cm³/mol. The fourth-order valence-electron chi connectivity index (χ4n) is 3.00. The minimum Gasteiger partial charge on any atom is -0.354 e. The van der Waals surface area contributed by atoms with Crippen LogP contribution in [0.25, 0.3) is 11.1 Å². The molecule has 7 nitrogen and oxygen atoms in total. The van der Waals surface area contributed by atoms with E-state index in [0.29, 0.717) is 42.2 Å². The van der Waals surface area contributed by atoms with Crippen LogP contribution in [-0.2, 0) is 30.4 Å². The topological polar surface area (TPSA) is 84.9 Å². The first kappa shape index (κ1) is 21.2. The molecule has 3 rings (SSSR count). The highest BCUT2D eigenvalue weighted by Gasteiger charge is 2.24. The summed E-state index contributed by atoms with van der Waals surface area (Å²) < 4.78 is 47.2. The molecule has 0 unspecified atom stereocenters. The number of benzene rings is 2. The molecule has 1 N–H and O–H groups in total. The third-order valence-electron chi connectivity index (χ3n) is 4.49. The molecule has 1 aliphatic heterocycles. The molecule has 2 aromatic carbocycles. The molecule has 1 heterocycles. The highest BCUT2D eigenvalue weighted by Crippen LogP contribution is 2.28. The summed E-state index contributed by atoms with van der Waals surface area (Å²) in [6, 6.07) is 11.8. The van der Waals surface area contributed by atoms with Crippen LogP contribution in [0.1, 0.15) is 12.5 Å². The molecule has 29 heavy (non-hydrogen) atoms. The molecule has 2 aromatic rings. The number of hydrogen-bond acceptors (Lipinski definition) is 6. The van der Waals surface area contributed by atoms with Crippen LogP contribution in [0, 0.1) is 5.82 Å². The van der Waals surface area contributed by atoms with E-state index in [1.165, 1.54) is 13.0 Å². The van der Waals surface area contributed by atoms with Gasteiger partial charge in [-0.3, -0.25) is 8.98 Å². The summed E-state index contributed by atoms with van der Waals surface area (Å²) in [5.74, 6) is -0.482. The zero-order valence-corrected chi connectivity index (χ0v) is 17.0. The van der Waals surface area contributed by atoms with Gasteiger partial charge in [0.2, 0.25) is 5.91 Å². The van der Waals surface area contributed by atoms with Crippen molar-refractivity contribution in [3.05, 3.63) is 53.8 Å². The van der Waals surface area contributed by atoms with Crippen LogP contribution < -0.4 is 10.2 Å². The van der Waals surface area contributed by atoms with Gasteiger partial charge < -0.3 is 15.0 Å². The van der Waals surface area contributed by atoms with Crippen LogP contribution in [0.4, 0.5) is 10.1 Å². The van der Waals surface area contributed by atoms with E-state index >= 15 is 0 Å². The van der Waals surface area contributed by atoms with E-state index in [9.17, 15) is 17.6 Å². The van der Waals surface area contributed by atoms with Crippen molar-refractivity contribution in [1.82, 2.24) is 5.32 Å². The number of halogens is 1. The van der Waals surface area contributed by atoms with Gasteiger partial charge in [0.1, 0.15) is 12.5 Å². The van der Waals surface area contributed by atoms with Crippen LogP contribution >= 0.6 is 0 Å². The lowest BCUT2D eigenvalue weighted by Crippen LogP contribution is -2.33. The maximum absolute atomic E-state index is 14.7. The Hall–Kier alpha value is -2.49. The Kier molecular flexibility index (Phi) is 6.51. The van der Waals surface area contributed by atoms with Crippen molar-refractivity contribution >= 4 is 21.7 Å². The molecule has 0 aliphatic carbocycles. The highest BCUT2D eigenvalue weighted by atomic mass is 32.2. The van der Waals surface area contributed by atoms with E-state index in [4.69, 9.17) is 8.92 Å². The predicted octanol–water partition coefficient (Wildman–Crippen LogP) is 2.27. The van der Waals surface area contributed by atoms with Crippen molar-refractivity contribution in [3.8, 4) is 11.1 Å². The van der Waals surface area contributed by atoms with Crippen molar-refractivity contribution in [2.24, 2.45) is 0 Å². The number of ether oxygens (including phenoxy) is 1. The maximum Gasteiger partial charge on any atom is 0.264 e. The van der Waals surface area contributed by atoms with E-state index in [0.717, 1.165) is 6.26 Å². The molecule has 1 aliphatic rings. The fourth-order valence-corrected chi connectivity index (χ4v) is 3.35. The molecule has 1 saturated heterocycles. The zero-order valence-electron chi connectivity index (χ0n) is 16.2. The van der Waals surface area contributed by atoms with Crippen molar-refractivity contribution in [2.75, 3.05) is 31.0 Å². The van der Waals surface area contributed by atoms with Gasteiger partial charge in [0.05, 0.1) is 19.0 Å². The largest absolute Gasteiger partial charge is 0.354 e. The second-order valence-electron chi connectivity index (χ2n) is 6.90. The van der Waals surface area contributed by atoms with Crippen molar-refractivity contribution in [3.63, 3.8) is 0 Å². The first-order chi connectivity index (χ1) is 13.7. The number of carbonyl (C=O) groups is 1. The SMILES string of the molecule is CC(=O)NC[C@H]1CN(c2ccc(-c3ccc(COS(C)(=O)=O)cc3)c(F)c2)CO1. The first-order valence-corrected chi connectivity index (χ1v) is 10.9. The van der Waals surface area contributed by atoms with Gasteiger partial charge in [-0.15, -0.1) is 0 Å². The summed E-state index contributed by atoms with van der Waals surface area (Å²) in [7, 11) is -3.51. The van der Waals surface area contributed by atoms with E-state index in [1.54, 1.807) is 30.3 Å². The third-order valence-corrected chi connectivity index (χ3v) is 5.04. The summed E-state index contributed by atoms with van der Waals surface area (Å²) in [6.45, 7) is 2.70. The molecular formula is C20H23FN2O5S. The van der Waals surface area contributed by atoms with Gasteiger partial charge in [0.15, 0.2) is 0 Å². The second-order valence-corrected chi connectivity index (χ2v) is 8.55. The number of amides is 1. The van der Waals surface area contributed by atoms with Crippen LogP contribution in [0.5, 0.6) is 0 Å². The molecule has 0 spiro atoms. The van der Waals surface area contributed by atoms with E-state index in [1.807, 2.05) is 11.0 Å². The Morgan fingerprint density at radius 2 is 2.00 bits per heavy atom. The molecule has 156 valence electrons. The monoisotopic (exact) mass is 422 g/mol. The number of anilines is 1. The van der Waals surface area contributed by atoms with Crippen molar-refractivity contribution in [2.45, 2.75) is 19.6 Å². The molecule has 1 amide bonds. The van der Waals surface area contributed by atoms with E-state index in [-0.39, 0.29) is 24.4 Å². The summed E-state index contributed by atoms with van der Waals surface area (Å²) in [4.78, 5) is 12.9. The van der Waals surface area contributed by atoms with Gasteiger partial charge in [-0.25, -0.2) is 4.39 Å². The maximum atomic E-state index is 14.7. The van der Waals surface area contributed by atoms with Crippen molar-refractivity contribution in [1.29, 1.82) is 0 Å². The van der Waals surface area contributed by atoms with Gasteiger partial charge in [0.25, 0.3) is 10.1 Å². The van der Waals surface area contributed by atoms with Crippen LogP contribution in [0.15, 0.2) is 42.5 Å². The summed E-state index contributed by atoms with van der Waals surface area (Å²) in [6.07, 6.45) is 0.856. The molecule has 1 atom stereocenters. The van der Waals surface area contributed by atoms with Crippen LogP contribution in [-0.4, -0.2) is 46.5 Å². The van der Waals surface area contributed by atoms with E-state index in [2.05, 4.69) is 5.32 Å². The molecular weight excluding hydrogens is 399 g/mol. The lowest BCUT2D eigenvalue weighted by molar-refractivity contribution is -0.119. The number of nitrogens with zero attached hydrogens (tertiary/aromatic N) is 1. The number of nitrogens with one attached hydrogen (secondary N) is 1. The molecule has 0 aromatic heterocycles. The smallest absolute Gasteiger partial charge is 0.264 e. The standard InChI is InChI=1S/C20H23FN2O5S/c1-14(24)22-10-18-11-23(13-27-18)17-7-8-19(20(21)9-17)16-5-3-15(4-6-16)12-28-29(2,25)26/h3-9,18H,10-13H2,1-2H3,(H,22,24)/t18-/m0/s1. The Morgan fingerprint density at radius 3 is 2.62 bits per heavy atom. The van der Waals surface area contributed by atoms with E-state index < -0.39 is 10.1 Å². The second kappa shape index (κ2) is 8.89. The minimum absolute atomic E-state index is 0.0604. The first-order valence-electron chi connectivity index (χ1n) is 9.05. The normalized spacial score (nSPS) is 16.8. The summed E-state index contributed by atoms with van der Waals surface area (Å²) in [5, 5.41) is 2.72. The minimum atomic E-state index is -3.51. The van der Waals surface area contributed by atoms with Gasteiger partial charge in [-0.1, -0.05) is 24.3 Å². The number of carbonyl (C=O) groups excluding carboxylic acids is 1. The van der Waals surface area contributed by atoms with Crippen LogP contribution in [0.3, 0.4) is 0 Å². The molecule has 1 fully saturated rings. The number of rotatable bonds is 7. The molecule has 0 radical (unpaired) electrons. The lowest BCUT2D eigenvalue weighted by Gasteiger charge is -2.17. The highest BCUT2D eigenvalue weighted by molar-refractivity contribution is 7.85. The van der Waals surface area contributed by atoms with Gasteiger partial charge in [0, 0.05) is 31.3 Å². The average molecular weight is 422 g/mol. The number of hydrogen-bond donors (Lipinski definition) is 1. The summed E-state index contributed by atoms with van der Waals surface area (Å²) >= 11 is 0. The van der Waals surface area contributed by atoms with Gasteiger partial charge >= 0.3 is 0 Å². The Morgan fingerprint density at radius 1 is 1.28 bits per heavy atom. The van der Waals surface area contributed by atoms with Crippen LogP contribution in [0.2, 0.25) is 0 Å². The Balaban J connectivity index is 1.66. The Bertz CT molecular complexity index is 979. The average Bonchev–Trinajstić information content (AvgIpc) is 3.14. The molecule has 9 heteroatoms. The summed E-state index contributed by atoms with van der Waals surface area (Å²) in [5.41, 5.74) is 2.50. The molecule has 0 bridgehead atoms. The zero-order chi connectivity index (χ0) is 21.0. The third kappa shape index (κ3) is 5.99. The Labute approximate surface area is 169 Å². The van der Waals surface area contributed by atoms with Gasteiger partial charge in [-0.2, -0.15) is 8.42 Å². The van der Waals surface area contributed by atoms with Gasteiger partial charge in [-0.05, 0) is 29.3 Å².